The molecule has 0 radical (unpaired) electrons. The number of sulfonamides is 1. The number of halogens is 1. The molecule has 0 aromatic heterocycles. The van der Waals surface area contributed by atoms with Crippen LogP contribution in [0.5, 0.6) is 0 Å². The van der Waals surface area contributed by atoms with Crippen LogP contribution < -0.4 is 0 Å². The van der Waals surface area contributed by atoms with Crippen molar-refractivity contribution in [1.82, 2.24) is 0 Å². The average molecular weight is 265 g/mol. The van der Waals surface area contributed by atoms with Gasteiger partial charge in [-0.3, -0.25) is 0 Å². The van der Waals surface area contributed by atoms with Crippen molar-refractivity contribution in [3.63, 3.8) is 0 Å². The molecule has 0 spiro atoms. The summed E-state index contributed by atoms with van der Waals surface area (Å²) in [6.07, 6.45) is 1.18. The van der Waals surface area contributed by atoms with Crippen molar-refractivity contribution in [3.05, 3.63) is 30.1 Å². The highest BCUT2D eigenvalue weighted by Gasteiger charge is 2.13. The van der Waals surface area contributed by atoms with Crippen LogP contribution in [-0.2, 0) is 19.8 Å². The lowest BCUT2D eigenvalue weighted by Gasteiger charge is -2.03. The van der Waals surface area contributed by atoms with Crippen LogP contribution in [0.3, 0.4) is 0 Å². The maximum absolute atomic E-state index is 12.9. The minimum Gasteiger partial charge on any atom is -0.244 e. The predicted molar refractivity (Wildman–Crippen MR) is 60.6 cm³/mol. The molecule has 0 saturated carbocycles. The van der Waals surface area contributed by atoms with E-state index in [4.69, 9.17) is 0 Å². The van der Waals surface area contributed by atoms with Crippen LogP contribution in [0.15, 0.2) is 32.9 Å². The topological polar surface area (TPSA) is 63.6 Å². The van der Waals surface area contributed by atoms with Crippen LogP contribution in [0, 0.1) is 5.82 Å². The van der Waals surface area contributed by atoms with Gasteiger partial charge in [0.15, 0.2) is 0 Å². The molecule has 0 heterocycles. The van der Waals surface area contributed by atoms with Crippen molar-refractivity contribution in [2.24, 2.45) is 3.77 Å². The number of nitrogens with zero attached hydrogens (tertiary/aromatic N) is 1. The standard InChI is InChI=1S/C9H12FNO3S2/c1-3-16(13,14)11-15(2,12)9-6-4-5-8(10)7-9/h4-7H,3H2,1-2H3. The first-order valence-electron chi connectivity index (χ1n) is 4.48. The van der Waals surface area contributed by atoms with E-state index in [0.29, 0.717) is 0 Å². The van der Waals surface area contributed by atoms with Gasteiger partial charge in [-0.25, -0.2) is 17.0 Å². The maximum Gasteiger partial charge on any atom is 0.260 e. The Morgan fingerprint density at radius 3 is 2.44 bits per heavy atom. The van der Waals surface area contributed by atoms with Crippen LogP contribution in [0.1, 0.15) is 6.92 Å². The number of hydrogen-bond acceptors (Lipinski definition) is 3. The molecule has 0 saturated heterocycles. The fourth-order valence-electron chi connectivity index (χ4n) is 1.02. The zero-order valence-corrected chi connectivity index (χ0v) is 10.5. The minimum absolute atomic E-state index is 0.0736. The highest BCUT2D eigenvalue weighted by atomic mass is 32.3. The monoisotopic (exact) mass is 265 g/mol. The van der Waals surface area contributed by atoms with Gasteiger partial charge in [0.2, 0.25) is 0 Å². The SMILES string of the molecule is CCS(=O)(=O)N=S(C)(=O)c1cccc(F)c1. The first-order chi connectivity index (χ1) is 7.27. The van der Waals surface area contributed by atoms with Crippen molar-refractivity contribution in [2.75, 3.05) is 12.0 Å². The third-order valence-electron chi connectivity index (χ3n) is 1.85. The van der Waals surface area contributed by atoms with Crippen molar-refractivity contribution >= 4 is 19.8 Å². The van der Waals surface area contributed by atoms with E-state index in [1.165, 1.54) is 31.4 Å². The lowest BCUT2D eigenvalue weighted by molar-refractivity contribution is 0.599. The van der Waals surface area contributed by atoms with Gasteiger partial charge in [0.1, 0.15) is 5.82 Å². The summed E-state index contributed by atoms with van der Waals surface area (Å²) < 4.78 is 50.7. The number of hydrogen-bond donors (Lipinski definition) is 0. The quantitative estimate of drug-likeness (QED) is 0.834. The van der Waals surface area contributed by atoms with E-state index >= 15 is 0 Å². The lowest BCUT2D eigenvalue weighted by atomic mass is 10.4. The maximum atomic E-state index is 12.9. The van der Waals surface area contributed by atoms with Gasteiger partial charge >= 0.3 is 0 Å². The minimum atomic E-state index is -3.71. The Kier molecular flexibility index (Phi) is 3.69. The molecule has 0 fully saturated rings. The van der Waals surface area contributed by atoms with E-state index in [0.717, 1.165) is 6.07 Å². The molecule has 7 heteroatoms. The van der Waals surface area contributed by atoms with Crippen LogP contribution in [0.2, 0.25) is 0 Å². The Hall–Kier alpha value is -0.950. The molecule has 1 rings (SSSR count). The third kappa shape index (κ3) is 3.28. The summed E-state index contributed by atoms with van der Waals surface area (Å²) in [6.45, 7) is 1.40. The summed E-state index contributed by atoms with van der Waals surface area (Å²) in [7, 11) is -6.82. The molecule has 16 heavy (non-hydrogen) atoms. The average Bonchev–Trinajstić information content (AvgIpc) is 2.16. The Labute approximate surface area is 94.7 Å². The van der Waals surface area contributed by atoms with Crippen molar-refractivity contribution < 1.29 is 17.0 Å². The van der Waals surface area contributed by atoms with Gasteiger partial charge in [-0.05, 0) is 25.1 Å². The second kappa shape index (κ2) is 4.50. The number of benzene rings is 1. The molecule has 1 atom stereocenters. The smallest absolute Gasteiger partial charge is 0.244 e. The molecule has 90 valence electrons. The molecule has 0 N–H and O–H groups in total. The second-order valence-electron chi connectivity index (χ2n) is 3.21. The largest absolute Gasteiger partial charge is 0.260 e. The number of rotatable bonds is 3. The molecular formula is C9H12FNO3S2. The predicted octanol–water partition coefficient (Wildman–Crippen LogP) is 1.63. The van der Waals surface area contributed by atoms with Crippen LogP contribution >= 0.6 is 0 Å². The Morgan fingerprint density at radius 2 is 1.94 bits per heavy atom. The van der Waals surface area contributed by atoms with Crippen molar-refractivity contribution in [1.29, 1.82) is 0 Å². The second-order valence-corrected chi connectivity index (χ2v) is 7.62. The molecule has 0 aliphatic rings. The Balaban J connectivity index is 3.38. The van der Waals surface area contributed by atoms with Gasteiger partial charge < -0.3 is 0 Å². The summed E-state index contributed by atoms with van der Waals surface area (Å²) in [5, 5.41) is 0. The zero-order valence-electron chi connectivity index (χ0n) is 8.88. The summed E-state index contributed by atoms with van der Waals surface area (Å²) in [5.41, 5.74) is 0. The van der Waals surface area contributed by atoms with Crippen LogP contribution in [0.25, 0.3) is 0 Å². The summed E-state index contributed by atoms with van der Waals surface area (Å²) >= 11 is 0. The Bertz CT molecular complexity index is 601. The molecule has 1 aromatic carbocycles. The fourth-order valence-corrected chi connectivity index (χ4v) is 4.18. The lowest BCUT2D eigenvalue weighted by Crippen LogP contribution is -2.06. The fraction of sp³-hybridized carbons (Fsp3) is 0.333. The first kappa shape index (κ1) is 13.1. The van der Waals surface area contributed by atoms with Gasteiger partial charge in [-0.1, -0.05) is 6.07 Å². The van der Waals surface area contributed by atoms with E-state index in [1.54, 1.807) is 0 Å². The molecule has 1 unspecified atom stereocenters. The van der Waals surface area contributed by atoms with Crippen molar-refractivity contribution in [2.45, 2.75) is 11.8 Å². The van der Waals surface area contributed by atoms with E-state index in [-0.39, 0.29) is 10.6 Å². The van der Waals surface area contributed by atoms with E-state index in [1.807, 2.05) is 0 Å². The van der Waals surface area contributed by atoms with E-state index in [9.17, 15) is 17.0 Å². The summed E-state index contributed by atoms with van der Waals surface area (Å²) in [4.78, 5) is 0.0736. The zero-order chi connectivity index (χ0) is 12.4. The molecule has 0 aliphatic carbocycles. The Morgan fingerprint density at radius 1 is 1.31 bits per heavy atom. The third-order valence-corrected chi connectivity index (χ3v) is 5.76. The van der Waals surface area contributed by atoms with Gasteiger partial charge in [0.25, 0.3) is 10.0 Å². The molecule has 0 aliphatic heterocycles. The summed E-state index contributed by atoms with van der Waals surface area (Å²) in [5.74, 6) is -0.802. The van der Waals surface area contributed by atoms with Gasteiger partial charge in [-0.15, -0.1) is 3.77 Å². The molecular weight excluding hydrogens is 253 g/mol. The molecule has 0 amide bonds. The molecule has 0 bridgehead atoms. The van der Waals surface area contributed by atoms with Gasteiger partial charge in [-0.2, -0.15) is 0 Å². The highest BCUT2D eigenvalue weighted by Crippen LogP contribution is 2.14. The summed E-state index contributed by atoms with van der Waals surface area (Å²) in [6, 6.07) is 4.96. The van der Waals surface area contributed by atoms with Crippen molar-refractivity contribution in [3.8, 4) is 0 Å². The van der Waals surface area contributed by atoms with Crippen LogP contribution in [-0.4, -0.2) is 24.6 Å². The van der Waals surface area contributed by atoms with Crippen LogP contribution in [0.4, 0.5) is 4.39 Å². The first-order valence-corrected chi connectivity index (χ1v) is 8.02. The van der Waals surface area contributed by atoms with E-state index in [2.05, 4.69) is 3.77 Å². The normalized spacial score (nSPS) is 15.4. The molecule has 4 nitrogen and oxygen atoms in total. The van der Waals surface area contributed by atoms with E-state index < -0.39 is 25.6 Å². The highest BCUT2D eigenvalue weighted by molar-refractivity contribution is 8.02. The van der Waals surface area contributed by atoms with Gasteiger partial charge in [0, 0.05) is 6.26 Å². The van der Waals surface area contributed by atoms with Gasteiger partial charge in [0.05, 0.1) is 20.4 Å². The molecule has 1 aromatic rings.